The summed E-state index contributed by atoms with van der Waals surface area (Å²) in [4.78, 5) is 14.1. The van der Waals surface area contributed by atoms with Crippen molar-refractivity contribution in [1.82, 2.24) is 4.98 Å². The second-order valence-corrected chi connectivity index (χ2v) is 2.87. The number of nitroso groups, excluding NO2 is 1. The first-order valence-corrected chi connectivity index (χ1v) is 4.40. The number of hydrogen-bond acceptors (Lipinski definition) is 4. The predicted octanol–water partition coefficient (Wildman–Crippen LogP) is 3.27. The van der Waals surface area contributed by atoms with Gasteiger partial charge in [0.05, 0.1) is 0 Å². The van der Waals surface area contributed by atoms with Crippen LogP contribution in [0, 0.1) is 4.91 Å². The van der Waals surface area contributed by atoms with Crippen molar-refractivity contribution in [2.24, 2.45) is 5.18 Å². The second-order valence-electron chi connectivity index (χ2n) is 2.87. The summed E-state index contributed by atoms with van der Waals surface area (Å²) in [6, 6.07) is 10.1. The molecule has 0 N–H and O–H groups in total. The molecule has 1 heterocycles. The van der Waals surface area contributed by atoms with Crippen molar-refractivity contribution in [2.45, 2.75) is 0 Å². The summed E-state index contributed by atoms with van der Waals surface area (Å²) in [7, 11) is 0. The molecule has 0 aliphatic rings. The van der Waals surface area contributed by atoms with E-state index in [1.54, 1.807) is 48.8 Å². The molecule has 0 saturated carbocycles. The highest BCUT2D eigenvalue weighted by molar-refractivity contribution is 5.42. The zero-order valence-corrected chi connectivity index (χ0v) is 7.83. The molecule has 1 aromatic carbocycles. The predicted molar refractivity (Wildman–Crippen MR) is 56.2 cm³/mol. The molecule has 2 rings (SSSR count). The van der Waals surface area contributed by atoms with Crippen LogP contribution in [0.2, 0.25) is 0 Å². The fourth-order valence-electron chi connectivity index (χ4n) is 1.12. The smallest absolute Gasteiger partial charge is 0.130 e. The Bertz CT molecular complexity index is 440. The number of rotatable bonds is 3. The van der Waals surface area contributed by atoms with E-state index in [0.29, 0.717) is 17.2 Å². The maximum absolute atomic E-state index is 10.2. The molecule has 0 bridgehead atoms. The van der Waals surface area contributed by atoms with E-state index < -0.39 is 0 Å². The standard InChI is InChI=1S/C11H8N2O2/c14-13-9-1-3-10(4-2-9)15-11-5-7-12-8-6-11/h1-8H. The first-order valence-electron chi connectivity index (χ1n) is 4.40. The monoisotopic (exact) mass is 200 g/mol. The Morgan fingerprint density at radius 3 is 2.13 bits per heavy atom. The van der Waals surface area contributed by atoms with Crippen molar-refractivity contribution >= 4 is 5.69 Å². The summed E-state index contributed by atoms with van der Waals surface area (Å²) in [5.41, 5.74) is 0.386. The number of nitrogens with zero attached hydrogens (tertiary/aromatic N) is 2. The molecular formula is C11H8N2O2. The summed E-state index contributed by atoms with van der Waals surface area (Å²) < 4.78 is 5.49. The SMILES string of the molecule is O=Nc1ccc(Oc2ccncc2)cc1. The quantitative estimate of drug-likeness (QED) is 0.714. The van der Waals surface area contributed by atoms with Crippen LogP contribution < -0.4 is 4.74 Å². The topological polar surface area (TPSA) is 51.5 Å². The van der Waals surface area contributed by atoms with Gasteiger partial charge in [0.1, 0.15) is 17.2 Å². The molecular weight excluding hydrogens is 192 g/mol. The van der Waals surface area contributed by atoms with Gasteiger partial charge in [0, 0.05) is 12.4 Å². The van der Waals surface area contributed by atoms with E-state index in [1.165, 1.54) is 0 Å². The molecule has 15 heavy (non-hydrogen) atoms. The third kappa shape index (κ3) is 2.37. The van der Waals surface area contributed by atoms with Gasteiger partial charge in [-0.15, -0.1) is 4.91 Å². The van der Waals surface area contributed by atoms with Crippen molar-refractivity contribution in [3.8, 4) is 11.5 Å². The minimum Gasteiger partial charge on any atom is -0.457 e. The van der Waals surface area contributed by atoms with Gasteiger partial charge in [-0.25, -0.2) is 0 Å². The van der Waals surface area contributed by atoms with Crippen LogP contribution in [-0.2, 0) is 0 Å². The fourth-order valence-corrected chi connectivity index (χ4v) is 1.12. The van der Waals surface area contributed by atoms with Gasteiger partial charge in [-0.2, -0.15) is 0 Å². The number of ether oxygens (including phenoxy) is 1. The van der Waals surface area contributed by atoms with Gasteiger partial charge in [0.2, 0.25) is 0 Å². The minimum absolute atomic E-state index is 0.386. The Hall–Kier alpha value is -2.23. The van der Waals surface area contributed by atoms with Gasteiger partial charge in [0.15, 0.2) is 0 Å². The van der Waals surface area contributed by atoms with Gasteiger partial charge >= 0.3 is 0 Å². The average molecular weight is 200 g/mol. The number of benzene rings is 1. The third-order valence-corrected chi connectivity index (χ3v) is 1.83. The van der Waals surface area contributed by atoms with Crippen LogP contribution in [-0.4, -0.2) is 4.98 Å². The lowest BCUT2D eigenvalue weighted by molar-refractivity contribution is 0.482. The van der Waals surface area contributed by atoms with E-state index >= 15 is 0 Å². The molecule has 0 saturated heterocycles. The van der Waals surface area contributed by atoms with Crippen LogP contribution in [0.3, 0.4) is 0 Å². The summed E-state index contributed by atoms with van der Waals surface area (Å²) in [6.45, 7) is 0. The highest BCUT2D eigenvalue weighted by Gasteiger charge is 1.96. The van der Waals surface area contributed by atoms with Crippen LogP contribution in [0.4, 0.5) is 5.69 Å². The lowest BCUT2D eigenvalue weighted by Gasteiger charge is -2.04. The largest absolute Gasteiger partial charge is 0.457 e. The maximum Gasteiger partial charge on any atom is 0.130 e. The van der Waals surface area contributed by atoms with Gasteiger partial charge < -0.3 is 4.74 Å². The van der Waals surface area contributed by atoms with Crippen molar-refractivity contribution in [2.75, 3.05) is 0 Å². The number of aromatic nitrogens is 1. The van der Waals surface area contributed by atoms with Gasteiger partial charge in [0.25, 0.3) is 0 Å². The van der Waals surface area contributed by atoms with Gasteiger partial charge in [-0.1, -0.05) is 0 Å². The average Bonchev–Trinajstić information content (AvgIpc) is 2.31. The first-order chi connectivity index (χ1) is 7.38. The first kappa shape index (κ1) is 9.33. The highest BCUT2D eigenvalue weighted by atomic mass is 16.5. The molecule has 1 aromatic heterocycles. The van der Waals surface area contributed by atoms with Crippen LogP contribution in [0.15, 0.2) is 54.0 Å². The molecule has 0 aliphatic carbocycles. The van der Waals surface area contributed by atoms with Crippen LogP contribution in [0.25, 0.3) is 0 Å². The fraction of sp³-hybridized carbons (Fsp3) is 0. The van der Waals surface area contributed by atoms with E-state index in [0.717, 1.165) is 0 Å². The molecule has 0 unspecified atom stereocenters. The lowest BCUT2D eigenvalue weighted by atomic mass is 10.3. The molecule has 0 amide bonds. The van der Waals surface area contributed by atoms with E-state index in [-0.39, 0.29) is 0 Å². The van der Waals surface area contributed by atoms with Crippen molar-refractivity contribution in [1.29, 1.82) is 0 Å². The zero-order chi connectivity index (χ0) is 10.5. The summed E-state index contributed by atoms with van der Waals surface area (Å²) >= 11 is 0. The van der Waals surface area contributed by atoms with E-state index in [4.69, 9.17) is 4.74 Å². The third-order valence-electron chi connectivity index (χ3n) is 1.83. The normalized spacial score (nSPS) is 9.60. The van der Waals surface area contributed by atoms with E-state index in [1.807, 2.05) is 0 Å². The lowest BCUT2D eigenvalue weighted by Crippen LogP contribution is -1.83. The Morgan fingerprint density at radius 1 is 0.933 bits per heavy atom. The van der Waals surface area contributed by atoms with Crippen LogP contribution >= 0.6 is 0 Å². The Morgan fingerprint density at radius 2 is 1.53 bits per heavy atom. The summed E-state index contributed by atoms with van der Waals surface area (Å²) in [5.74, 6) is 1.37. The van der Waals surface area contributed by atoms with E-state index in [2.05, 4.69) is 10.2 Å². The van der Waals surface area contributed by atoms with E-state index in [9.17, 15) is 4.91 Å². The summed E-state index contributed by atoms with van der Waals surface area (Å²) in [6.07, 6.45) is 3.30. The molecule has 4 nitrogen and oxygen atoms in total. The van der Waals surface area contributed by atoms with Crippen molar-refractivity contribution < 1.29 is 4.74 Å². The van der Waals surface area contributed by atoms with Crippen LogP contribution in [0.1, 0.15) is 0 Å². The highest BCUT2D eigenvalue weighted by Crippen LogP contribution is 2.22. The molecule has 2 aromatic rings. The molecule has 74 valence electrons. The maximum atomic E-state index is 10.2. The Balaban J connectivity index is 2.15. The van der Waals surface area contributed by atoms with Gasteiger partial charge in [-0.3, -0.25) is 4.98 Å². The molecule has 0 radical (unpaired) electrons. The molecule has 0 aliphatic heterocycles. The Kier molecular flexibility index (Phi) is 2.69. The van der Waals surface area contributed by atoms with Crippen molar-refractivity contribution in [3.63, 3.8) is 0 Å². The molecule has 4 heteroatoms. The van der Waals surface area contributed by atoms with Crippen LogP contribution in [0.5, 0.6) is 11.5 Å². The molecule has 0 spiro atoms. The Labute approximate surface area is 86.5 Å². The van der Waals surface area contributed by atoms with Crippen molar-refractivity contribution in [3.05, 3.63) is 53.7 Å². The zero-order valence-electron chi connectivity index (χ0n) is 7.83. The number of pyridine rings is 1. The summed E-state index contributed by atoms with van der Waals surface area (Å²) in [5, 5.41) is 2.80. The van der Waals surface area contributed by atoms with Gasteiger partial charge in [-0.05, 0) is 41.6 Å². The second kappa shape index (κ2) is 4.32. The molecule has 0 atom stereocenters. The molecule has 0 fully saturated rings. The number of hydrogen-bond donors (Lipinski definition) is 0. The minimum atomic E-state index is 0.386.